The second kappa shape index (κ2) is 4.43. The Hall–Kier alpha value is -3.14. The Morgan fingerprint density at radius 3 is 2.32 bits per heavy atom. The van der Waals surface area contributed by atoms with Crippen LogP contribution in [0.15, 0.2) is 54.6 Å². The molecule has 4 rings (SSSR count). The molecule has 0 radical (unpaired) electrons. The molecule has 1 aliphatic heterocycles. The first-order valence-corrected chi connectivity index (χ1v) is 6.86. The highest BCUT2D eigenvalue weighted by Gasteiger charge is 2.28. The summed E-state index contributed by atoms with van der Waals surface area (Å²) in [5.41, 5.74) is 2.08. The lowest BCUT2D eigenvalue weighted by Crippen LogP contribution is -2.35. The third-order valence-electron chi connectivity index (χ3n) is 3.94. The van der Waals surface area contributed by atoms with Gasteiger partial charge < -0.3 is 5.11 Å². The van der Waals surface area contributed by atoms with Crippen LogP contribution in [0.25, 0.3) is 21.9 Å². The Morgan fingerprint density at radius 1 is 0.727 bits per heavy atom. The van der Waals surface area contributed by atoms with E-state index in [-0.39, 0.29) is 5.75 Å². The topological polar surface area (TPSA) is 66.4 Å². The fourth-order valence-corrected chi connectivity index (χ4v) is 2.96. The number of benzene rings is 3. The molecule has 0 aliphatic carbocycles. The first-order valence-electron chi connectivity index (χ1n) is 6.86. The van der Waals surface area contributed by atoms with Crippen LogP contribution in [0.4, 0.5) is 0 Å². The molecular weight excluding hydrogens is 278 g/mol. The number of amides is 2. The molecule has 0 saturated carbocycles. The van der Waals surface area contributed by atoms with Gasteiger partial charge in [0.25, 0.3) is 11.8 Å². The van der Waals surface area contributed by atoms with Crippen LogP contribution in [0.5, 0.6) is 5.75 Å². The number of nitrogens with one attached hydrogen (secondary N) is 1. The predicted octanol–water partition coefficient (Wildman–Crippen LogP) is 3.10. The number of hydrogen-bond acceptors (Lipinski definition) is 3. The van der Waals surface area contributed by atoms with Crippen molar-refractivity contribution >= 4 is 22.6 Å². The SMILES string of the molecule is O=C1NC(=O)c2c(-c3ccccc3O)ccc3cccc1c23. The van der Waals surface area contributed by atoms with Crippen molar-refractivity contribution in [3.05, 3.63) is 65.7 Å². The van der Waals surface area contributed by atoms with E-state index in [1.807, 2.05) is 12.1 Å². The number of para-hydroxylation sites is 1. The average molecular weight is 289 g/mol. The molecule has 3 aromatic carbocycles. The zero-order valence-corrected chi connectivity index (χ0v) is 11.5. The first kappa shape index (κ1) is 12.6. The summed E-state index contributed by atoms with van der Waals surface area (Å²) in [4.78, 5) is 24.4. The second-order valence-corrected chi connectivity index (χ2v) is 5.19. The van der Waals surface area contributed by atoms with Crippen LogP contribution in [-0.4, -0.2) is 16.9 Å². The monoisotopic (exact) mass is 289 g/mol. The summed E-state index contributed by atoms with van der Waals surface area (Å²) in [7, 11) is 0. The molecule has 22 heavy (non-hydrogen) atoms. The summed E-state index contributed by atoms with van der Waals surface area (Å²) < 4.78 is 0. The summed E-state index contributed by atoms with van der Waals surface area (Å²) in [6.07, 6.45) is 0. The molecule has 0 spiro atoms. The van der Waals surface area contributed by atoms with Crippen LogP contribution in [0.3, 0.4) is 0 Å². The fourth-order valence-electron chi connectivity index (χ4n) is 2.96. The van der Waals surface area contributed by atoms with Crippen LogP contribution in [0.2, 0.25) is 0 Å². The van der Waals surface area contributed by atoms with Crippen molar-refractivity contribution in [2.45, 2.75) is 0 Å². The lowest BCUT2D eigenvalue weighted by molar-refractivity contribution is 0.0845. The van der Waals surface area contributed by atoms with Crippen LogP contribution in [0.1, 0.15) is 20.7 Å². The molecular formula is C18H11NO3. The molecule has 3 aromatic rings. The van der Waals surface area contributed by atoms with E-state index < -0.39 is 11.8 Å². The van der Waals surface area contributed by atoms with E-state index in [0.29, 0.717) is 27.6 Å². The van der Waals surface area contributed by atoms with Crippen molar-refractivity contribution in [2.75, 3.05) is 0 Å². The maximum absolute atomic E-state index is 12.4. The van der Waals surface area contributed by atoms with Crippen molar-refractivity contribution in [1.82, 2.24) is 5.32 Å². The minimum absolute atomic E-state index is 0.0975. The molecule has 0 atom stereocenters. The normalized spacial score (nSPS) is 13.3. The molecule has 0 saturated heterocycles. The van der Waals surface area contributed by atoms with Crippen LogP contribution in [0, 0.1) is 0 Å². The maximum Gasteiger partial charge on any atom is 0.259 e. The first-order chi connectivity index (χ1) is 10.7. The van der Waals surface area contributed by atoms with E-state index in [4.69, 9.17) is 0 Å². The van der Waals surface area contributed by atoms with Gasteiger partial charge in [0.1, 0.15) is 5.75 Å². The van der Waals surface area contributed by atoms with Gasteiger partial charge in [0, 0.05) is 16.5 Å². The smallest absolute Gasteiger partial charge is 0.259 e. The van der Waals surface area contributed by atoms with Crippen molar-refractivity contribution in [3.8, 4) is 16.9 Å². The summed E-state index contributed by atoms with van der Waals surface area (Å²) >= 11 is 0. The molecule has 1 heterocycles. The number of phenolic OH excluding ortho intramolecular Hbond substituents is 1. The standard InChI is InChI=1S/C18H11NO3/c20-14-7-2-1-5-11(14)12-9-8-10-4-3-6-13-15(10)16(12)18(22)19-17(13)21/h1-9,20H,(H,19,21,22). The number of carbonyl (C=O) groups is 2. The molecule has 0 unspecified atom stereocenters. The van der Waals surface area contributed by atoms with E-state index in [0.717, 1.165) is 5.39 Å². The molecule has 106 valence electrons. The van der Waals surface area contributed by atoms with Gasteiger partial charge in [-0.3, -0.25) is 14.9 Å². The predicted molar refractivity (Wildman–Crippen MR) is 82.8 cm³/mol. The lowest BCUT2D eigenvalue weighted by atomic mass is 9.88. The quantitative estimate of drug-likeness (QED) is 0.676. The van der Waals surface area contributed by atoms with Gasteiger partial charge in [-0.1, -0.05) is 42.5 Å². The van der Waals surface area contributed by atoms with Gasteiger partial charge >= 0.3 is 0 Å². The third-order valence-corrected chi connectivity index (χ3v) is 3.94. The molecule has 4 nitrogen and oxygen atoms in total. The van der Waals surface area contributed by atoms with E-state index in [9.17, 15) is 14.7 Å². The lowest BCUT2D eigenvalue weighted by Gasteiger charge is -2.20. The van der Waals surface area contributed by atoms with Crippen LogP contribution in [-0.2, 0) is 0 Å². The van der Waals surface area contributed by atoms with Crippen LogP contribution >= 0.6 is 0 Å². The Bertz CT molecular complexity index is 960. The van der Waals surface area contributed by atoms with Gasteiger partial charge in [-0.15, -0.1) is 0 Å². The van der Waals surface area contributed by atoms with E-state index in [1.165, 1.54) is 0 Å². The van der Waals surface area contributed by atoms with Gasteiger partial charge in [-0.05, 0) is 23.1 Å². The highest BCUT2D eigenvalue weighted by atomic mass is 16.3. The molecule has 4 heteroatoms. The highest BCUT2D eigenvalue weighted by Crippen LogP contribution is 2.37. The van der Waals surface area contributed by atoms with Crippen molar-refractivity contribution in [1.29, 1.82) is 0 Å². The van der Waals surface area contributed by atoms with E-state index in [2.05, 4.69) is 5.32 Å². The van der Waals surface area contributed by atoms with Gasteiger partial charge in [0.05, 0.1) is 5.56 Å². The molecule has 0 fully saturated rings. The molecule has 0 bridgehead atoms. The second-order valence-electron chi connectivity index (χ2n) is 5.19. The highest BCUT2D eigenvalue weighted by molar-refractivity contribution is 6.27. The van der Waals surface area contributed by atoms with Gasteiger partial charge in [-0.25, -0.2) is 0 Å². The molecule has 2 amide bonds. The summed E-state index contributed by atoms with van der Waals surface area (Å²) in [5.74, 6) is -0.731. The number of aromatic hydroxyl groups is 1. The number of imide groups is 1. The molecule has 0 aromatic heterocycles. The largest absolute Gasteiger partial charge is 0.507 e. The number of hydrogen-bond donors (Lipinski definition) is 2. The van der Waals surface area contributed by atoms with E-state index in [1.54, 1.807) is 42.5 Å². The Labute approximate surface area is 126 Å². The minimum atomic E-state index is -0.437. The number of phenols is 1. The third kappa shape index (κ3) is 1.64. The Morgan fingerprint density at radius 2 is 1.50 bits per heavy atom. The maximum atomic E-state index is 12.4. The molecule has 1 aliphatic rings. The van der Waals surface area contributed by atoms with Crippen molar-refractivity contribution in [3.63, 3.8) is 0 Å². The number of rotatable bonds is 1. The average Bonchev–Trinajstić information content (AvgIpc) is 2.52. The molecule has 2 N–H and O–H groups in total. The van der Waals surface area contributed by atoms with E-state index >= 15 is 0 Å². The summed E-state index contributed by atoms with van der Waals surface area (Å²) in [5, 5.41) is 13.9. The Balaban J connectivity index is 2.16. The Kier molecular flexibility index (Phi) is 2.53. The van der Waals surface area contributed by atoms with Crippen molar-refractivity contribution in [2.24, 2.45) is 0 Å². The summed E-state index contributed by atoms with van der Waals surface area (Å²) in [6.45, 7) is 0. The van der Waals surface area contributed by atoms with Gasteiger partial charge in [0.15, 0.2) is 0 Å². The van der Waals surface area contributed by atoms with Crippen LogP contribution < -0.4 is 5.32 Å². The van der Waals surface area contributed by atoms with Gasteiger partial charge in [-0.2, -0.15) is 0 Å². The summed E-state index contributed by atoms with van der Waals surface area (Å²) in [6, 6.07) is 15.8. The zero-order valence-electron chi connectivity index (χ0n) is 11.5. The minimum Gasteiger partial charge on any atom is -0.507 e. The van der Waals surface area contributed by atoms with Gasteiger partial charge in [0.2, 0.25) is 0 Å². The zero-order chi connectivity index (χ0) is 15.3. The number of carbonyl (C=O) groups excluding carboxylic acids is 2. The fraction of sp³-hybridized carbons (Fsp3) is 0. The van der Waals surface area contributed by atoms with Crippen molar-refractivity contribution < 1.29 is 14.7 Å².